The summed E-state index contributed by atoms with van der Waals surface area (Å²) < 4.78 is 10.9. The summed E-state index contributed by atoms with van der Waals surface area (Å²) in [5.41, 5.74) is 0. The first-order valence-corrected chi connectivity index (χ1v) is 5.57. The van der Waals surface area contributed by atoms with Crippen molar-refractivity contribution in [1.82, 2.24) is 5.32 Å². The summed E-state index contributed by atoms with van der Waals surface area (Å²) in [5.74, 6) is 0. The highest BCUT2D eigenvalue weighted by Gasteiger charge is 2.16. The van der Waals surface area contributed by atoms with Crippen LogP contribution >= 0.6 is 0 Å². The first-order chi connectivity index (χ1) is 6.95. The number of allylic oxidation sites excluding steroid dienone is 1. The fourth-order valence-corrected chi connectivity index (χ4v) is 1.93. The van der Waals surface area contributed by atoms with Crippen molar-refractivity contribution in [3.05, 3.63) is 12.3 Å². The highest BCUT2D eigenvalue weighted by molar-refractivity contribution is 4.84. The van der Waals surface area contributed by atoms with Crippen LogP contribution in [0.15, 0.2) is 12.3 Å². The number of nitrogens with one attached hydrogen (secondary N) is 1. The van der Waals surface area contributed by atoms with Crippen molar-refractivity contribution in [2.45, 2.75) is 37.8 Å². The minimum Gasteiger partial charge on any atom is -0.497 e. The second kappa shape index (κ2) is 5.37. The quantitative estimate of drug-likeness (QED) is 0.742. The van der Waals surface area contributed by atoms with Crippen LogP contribution in [-0.4, -0.2) is 31.9 Å². The molecule has 1 saturated heterocycles. The van der Waals surface area contributed by atoms with Gasteiger partial charge in [0.2, 0.25) is 0 Å². The predicted octanol–water partition coefficient (Wildman–Crippen LogP) is 1.45. The van der Waals surface area contributed by atoms with E-state index in [1.807, 2.05) is 6.26 Å². The van der Waals surface area contributed by atoms with Gasteiger partial charge in [-0.2, -0.15) is 0 Å². The fraction of sp³-hybridized carbons (Fsp3) is 0.818. The SMILES string of the molecule is C1=COC(CN[C@@H]2CCCOC2)CC1. The van der Waals surface area contributed by atoms with Crippen LogP contribution in [0.4, 0.5) is 0 Å². The molecule has 3 nitrogen and oxygen atoms in total. The van der Waals surface area contributed by atoms with Gasteiger partial charge in [0.05, 0.1) is 12.9 Å². The van der Waals surface area contributed by atoms with E-state index in [1.54, 1.807) is 0 Å². The maximum atomic E-state index is 5.49. The molecule has 2 rings (SSSR count). The molecule has 80 valence electrons. The Hall–Kier alpha value is -0.540. The molecule has 1 unspecified atom stereocenters. The van der Waals surface area contributed by atoms with Gasteiger partial charge in [-0.15, -0.1) is 0 Å². The standard InChI is InChI=1S/C11H19NO2/c1-2-7-14-11(5-1)8-12-10-4-3-6-13-9-10/h2,7,10-12H,1,3-6,8-9H2/t10-,11?/m1/s1. The predicted molar refractivity (Wildman–Crippen MR) is 55.1 cm³/mol. The van der Waals surface area contributed by atoms with Crippen molar-refractivity contribution in [2.75, 3.05) is 19.8 Å². The number of ether oxygens (including phenoxy) is 2. The monoisotopic (exact) mass is 197 g/mol. The normalized spacial score (nSPS) is 32.6. The van der Waals surface area contributed by atoms with Gasteiger partial charge in [-0.1, -0.05) is 0 Å². The van der Waals surface area contributed by atoms with E-state index in [1.165, 1.54) is 12.8 Å². The molecule has 0 aliphatic carbocycles. The zero-order valence-corrected chi connectivity index (χ0v) is 8.58. The van der Waals surface area contributed by atoms with Gasteiger partial charge in [0.25, 0.3) is 0 Å². The van der Waals surface area contributed by atoms with Gasteiger partial charge in [-0.25, -0.2) is 0 Å². The summed E-state index contributed by atoms with van der Waals surface area (Å²) in [7, 11) is 0. The number of hydrogen-bond acceptors (Lipinski definition) is 3. The zero-order valence-electron chi connectivity index (χ0n) is 8.58. The van der Waals surface area contributed by atoms with Crippen LogP contribution in [0.3, 0.4) is 0 Å². The van der Waals surface area contributed by atoms with E-state index in [2.05, 4.69) is 11.4 Å². The summed E-state index contributed by atoms with van der Waals surface area (Å²) in [5, 5.41) is 3.51. The number of hydrogen-bond donors (Lipinski definition) is 1. The van der Waals surface area contributed by atoms with Crippen LogP contribution in [0.1, 0.15) is 25.7 Å². The van der Waals surface area contributed by atoms with Gasteiger partial charge in [-0.3, -0.25) is 0 Å². The molecule has 0 bridgehead atoms. The average molecular weight is 197 g/mol. The van der Waals surface area contributed by atoms with E-state index >= 15 is 0 Å². The maximum Gasteiger partial charge on any atom is 0.110 e. The van der Waals surface area contributed by atoms with E-state index in [4.69, 9.17) is 9.47 Å². The Morgan fingerprint density at radius 2 is 2.36 bits per heavy atom. The lowest BCUT2D eigenvalue weighted by Crippen LogP contribution is -2.41. The Kier molecular flexibility index (Phi) is 3.83. The lowest BCUT2D eigenvalue weighted by atomic mass is 10.1. The van der Waals surface area contributed by atoms with E-state index in [0.717, 1.165) is 32.6 Å². The Bertz CT molecular complexity index is 188. The summed E-state index contributed by atoms with van der Waals surface area (Å²) in [6.45, 7) is 2.75. The average Bonchev–Trinajstić information content (AvgIpc) is 2.29. The first kappa shape index (κ1) is 9.99. The molecule has 14 heavy (non-hydrogen) atoms. The molecular weight excluding hydrogens is 178 g/mol. The molecule has 1 fully saturated rings. The first-order valence-electron chi connectivity index (χ1n) is 5.57. The van der Waals surface area contributed by atoms with Gasteiger partial charge in [0.15, 0.2) is 0 Å². The smallest absolute Gasteiger partial charge is 0.110 e. The second-order valence-electron chi connectivity index (χ2n) is 4.03. The Labute approximate surface area is 85.5 Å². The zero-order chi connectivity index (χ0) is 9.64. The Morgan fingerprint density at radius 3 is 3.07 bits per heavy atom. The summed E-state index contributed by atoms with van der Waals surface area (Å²) in [6, 6.07) is 0.540. The van der Waals surface area contributed by atoms with Crippen molar-refractivity contribution < 1.29 is 9.47 Å². The highest BCUT2D eigenvalue weighted by Crippen LogP contribution is 2.11. The third kappa shape index (κ3) is 3.00. The molecule has 1 N–H and O–H groups in total. The molecule has 0 saturated carbocycles. The second-order valence-corrected chi connectivity index (χ2v) is 4.03. The topological polar surface area (TPSA) is 30.5 Å². The molecule has 0 spiro atoms. The van der Waals surface area contributed by atoms with Crippen molar-refractivity contribution >= 4 is 0 Å². The third-order valence-electron chi connectivity index (χ3n) is 2.82. The molecule has 0 radical (unpaired) electrons. The van der Waals surface area contributed by atoms with Crippen LogP contribution < -0.4 is 5.32 Å². The van der Waals surface area contributed by atoms with Crippen molar-refractivity contribution in [3.8, 4) is 0 Å². The minimum atomic E-state index is 0.363. The van der Waals surface area contributed by atoms with Crippen molar-refractivity contribution in [3.63, 3.8) is 0 Å². The molecule has 0 aromatic carbocycles. The molecule has 0 amide bonds. The molecule has 2 atom stereocenters. The Balaban J connectivity index is 1.63. The largest absolute Gasteiger partial charge is 0.497 e. The highest BCUT2D eigenvalue weighted by atomic mass is 16.5. The van der Waals surface area contributed by atoms with E-state index in [9.17, 15) is 0 Å². The number of rotatable bonds is 3. The molecule has 0 aromatic heterocycles. The fourth-order valence-electron chi connectivity index (χ4n) is 1.93. The molecule has 3 heteroatoms. The molecular formula is C11H19NO2. The van der Waals surface area contributed by atoms with E-state index in [-0.39, 0.29) is 0 Å². The van der Waals surface area contributed by atoms with Gasteiger partial charge in [0, 0.05) is 19.2 Å². The summed E-state index contributed by atoms with van der Waals surface area (Å²) in [4.78, 5) is 0. The third-order valence-corrected chi connectivity index (χ3v) is 2.82. The molecule has 0 aromatic rings. The molecule has 2 aliphatic rings. The van der Waals surface area contributed by atoms with Crippen LogP contribution in [0, 0.1) is 0 Å². The lowest BCUT2D eigenvalue weighted by Gasteiger charge is -2.26. The van der Waals surface area contributed by atoms with Gasteiger partial charge in [-0.05, 0) is 31.8 Å². The van der Waals surface area contributed by atoms with Crippen LogP contribution in [0.5, 0.6) is 0 Å². The van der Waals surface area contributed by atoms with E-state index in [0.29, 0.717) is 12.1 Å². The van der Waals surface area contributed by atoms with Crippen LogP contribution in [-0.2, 0) is 9.47 Å². The van der Waals surface area contributed by atoms with Gasteiger partial charge in [0.1, 0.15) is 6.10 Å². The van der Waals surface area contributed by atoms with E-state index < -0.39 is 0 Å². The maximum absolute atomic E-state index is 5.49. The van der Waals surface area contributed by atoms with Crippen LogP contribution in [0.2, 0.25) is 0 Å². The molecule has 2 aliphatic heterocycles. The van der Waals surface area contributed by atoms with Gasteiger partial charge >= 0.3 is 0 Å². The molecule has 2 heterocycles. The van der Waals surface area contributed by atoms with Crippen LogP contribution in [0.25, 0.3) is 0 Å². The summed E-state index contributed by atoms with van der Waals surface area (Å²) in [6.07, 6.45) is 8.98. The van der Waals surface area contributed by atoms with Gasteiger partial charge < -0.3 is 14.8 Å². The van der Waals surface area contributed by atoms with Crippen molar-refractivity contribution in [1.29, 1.82) is 0 Å². The summed E-state index contributed by atoms with van der Waals surface area (Å²) >= 11 is 0. The lowest BCUT2D eigenvalue weighted by molar-refractivity contribution is 0.0595. The minimum absolute atomic E-state index is 0.363. The Morgan fingerprint density at radius 1 is 1.36 bits per heavy atom. The van der Waals surface area contributed by atoms with Crippen molar-refractivity contribution in [2.24, 2.45) is 0 Å².